The van der Waals surface area contributed by atoms with E-state index in [2.05, 4.69) is 36.1 Å². The second-order valence-electron chi connectivity index (χ2n) is 4.44. The van der Waals surface area contributed by atoms with Crippen molar-refractivity contribution in [2.24, 2.45) is 5.92 Å². The molecule has 1 heterocycles. The molecule has 0 bridgehead atoms. The Morgan fingerprint density at radius 1 is 1.31 bits per heavy atom. The van der Waals surface area contributed by atoms with Gasteiger partial charge in [-0.05, 0) is 26.3 Å². The van der Waals surface area contributed by atoms with Crippen LogP contribution in [-0.2, 0) is 6.54 Å². The molecule has 1 atom stereocenters. The van der Waals surface area contributed by atoms with E-state index in [0.717, 1.165) is 12.1 Å². The van der Waals surface area contributed by atoms with Gasteiger partial charge in [0.2, 0.25) is 5.88 Å². The lowest BCUT2D eigenvalue weighted by atomic mass is 10.1. The first-order chi connectivity index (χ1) is 7.61. The van der Waals surface area contributed by atoms with Crippen LogP contribution in [0, 0.1) is 5.92 Å². The average molecular weight is 223 g/mol. The van der Waals surface area contributed by atoms with Gasteiger partial charge in [-0.3, -0.25) is 4.98 Å². The molecule has 0 saturated carbocycles. The van der Waals surface area contributed by atoms with Crippen LogP contribution in [0.5, 0.6) is 5.88 Å². The third-order valence-electron chi connectivity index (χ3n) is 2.15. The van der Waals surface area contributed by atoms with Gasteiger partial charge in [-0.25, -0.2) is 4.98 Å². The number of hydrogen-bond donors (Lipinski definition) is 1. The maximum Gasteiger partial charge on any atom is 0.232 e. The molecule has 0 saturated heterocycles. The van der Waals surface area contributed by atoms with Crippen molar-refractivity contribution in [3.05, 3.63) is 18.1 Å². The molecule has 0 aliphatic heterocycles. The van der Waals surface area contributed by atoms with Crippen molar-refractivity contribution in [2.45, 2.75) is 39.8 Å². The maximum atomic E-state index is 5.71. The van der Waals surface area contributed by atoms with Crippen molar-refractivity contribution in [3.8, 4) is 5.88 Å². The van der Waals surface area contributed by atoms with E-state index in [0.29, 0.717) is 18.3 Å². The Labute approximate surface area is 97.5 Å². The summed E-state index contributed by atoms with van der Waals surface area (Å²) in [5.41, 5.74) is 0.900. The predicted octanol–water partition coefficient (Wildman–Crippen LogP) is 2.01. The predicted molar refractivity (Wildman–Crippen MR) is 64.3 cm³/mol. The molecule has 1 aromatic heterocycles. The monoisotopic (exact) mass is 223 g/mol. The quantitative estimate of drug-likeness (QED) is 0.801. The van der Waals surface area contributed by atoms with Crippen LogP contribution in [0.1, 0.15) is 32.9 Å². The van der Waals surface area contributed by atoms with Gasteiger partial charge in [-0.15, -0.1) is 0 Å². The average Bonchev–Trinajstić information content (AvgIpc) is 2.17. The van der Waals surface area contributed by atoms with Gasteiger partial charge in [0.25, 0.3) is 0 Å². The van der Waals surface area contributed by atoms with E-state index >= 15 is 0 Å². The van der Waals surface area contributed by atoms with Crippen LogP contribution in [0.3, 0.4) is 0 Å². The molecule has 4 heteroatoms. The minimum absolute atomic E-state index is 0.180. The molecule has 1 unspecified atom stereocenters. The molecule has 0 radical (unpaired) electrons. The first-order valence-corrected chi connectivity index (χ1v) is 5.74. The number of hydrogen-bond acceptors (Lipinski definition) is 4. The van der Waals surface area contributed by atoms with Crippen molar-refractivity contribution >= 4 is 0 Å². The highest BCUT2D eigenvalue weighted by Gasteiger charge is 2.08. The summed E-state index contributed by atoms with van der Waals surface area (Å²) in [4.78, 5) is 8.47. The van der Waals surface area contributed by atoms with Gasteiger partial charge in [-0.1, -0.05) is 13.8 Å². The molecule has 0 fully saturated rings. The van der Waals surface area contributed by atoms with Gasteiger partial charge in [0, 0.05) is 12.7 Å². The number of rotatable bonds is 6. The highest BCUT2D eigenvalue weighted by atomic mass is 16.5. The van der Waals surface area contributed by atoms with Gasteiger partial charge in [0.1, 0.15) is 0 Å². The number of nitrogens with zero attached hydrogens (tertiary/aromatic N) is 2. The first kappa shape index (κ1) is 12.9. The minimum atomic E-state index is 0.180. The Balaban J connectivity index is 2.55. The third-order valence-corrected chi connectivity index (χ3v) is 2.15. The highest BCUT2D eigenvalue weighted by Crippen LogP contribution is 2.12. The summed E-state index contributed by atoms with van der Waals surface area (Å²) >= 11 is 0. The first-order valence-electron chi connectivity index (χ1n) is 5.74. The zero-order valence-electron chi connectivity index (χ0n) is 10.5. The second kappa shape index (κ2) is 6.43. The molecule has 0 amide bonds. The van der Waals surface area contributed by atoms with Crippen molar-refractivity contribution < 1.29 is 4.74 Å². The van der Waals surface area contributed by atoms with Crippen LogP contribution in [0.15, 0.2) is 12.4 Å². The number of nitrogens with one attached hydrogen (secondary N) is 1. The smallest absolute Gasteiger partial charge is 0.232 e. The van der Waals surface area contributed by atoms with E-state index in [1.165, 1.54) is 0 Å². The van der Waals surface area contributed by atoms with Crippen molar-refractivity contribution in [3.63, 3.8) is 0 Å². The molecule has 0 aliphatic carbocycles. The molecular weight excluding hydrogens is 202 g/mol. The molecule has 16 heavy (non-hydrogen) atoms. The van der Waals surface area contributed by atoms with Gasteiger partial charge in [0.05, 0.1) is 18.0 Å². The third kappa shape index (κ3) is 4.57. The van der Waals surface area contributed by atoms with Crippen LogP contribution in [0.2, 0.25) is 0 Å². The number of aromatic nitrogens is 2. The lowest BCUT2D eigenvalue weighted by Crippen LogP contribution is -2.16. The van der Waals surface area contributed by atoms with Crippen LogP contribution >= 0.6 is 0 Å². The Morgan fingerprint density at radius 2 is 2.06 bits per heavy atom. The maximum absolute atomic E-state index is 5.71. The lowest BCUT2D eigenvalue weighted by molar-refractivity contribution is 0.184. The molecule has 1 rings (SSSR count). The fraction of sp³-hybridized carbons (Fsp3) is 0.667. The normalized spacial score (nSPS) is 12.8. The molecular formula is C12H21N3O. The van der Waals surface area contributed by atoms with Crippen LogP contribution in [0.25, 0.3) is 0 Å². The fourth-order valence-electron chi connectivity index (χ4n) is 1.63. The van der Waals surface area contributed by atoms with Crippen LogP contribution < -0.4 is 10.1 Å². The zero-order chi connectivity index (χ0) is 12.0. The molecule has 0 spiro atoms. The van der Waals surface area contributed by atoms with Gasteiger partial charge in [0.15, 0.2) is 0 Å². The summed E-state index contributed by atoms with van der Waals surface area (Å²) in [6.45, 7) is 7.14. The molecule has 1 N–H and O–H groups in total. The van der Waals surface area contributed by atoms with E-state index in [-0.39, 0.29) is 6.10 Å². The summed E-state index contributed by atoms with van der Waals surface area (Å²) in [6.07, 6.45) is 4.61. The summed E-state index contributed by atoms with van der Waals surface area (Å²) < 4.78 is 5.71. The summed E-state index contributed by atoms with van der Waals surface area (Å²) in [5.74, 6) is 1.24. The van der Waals surface area contributed by atoms with E-state index in [1.54, 1.807) is 12.4 Å². The van der Waals surface area contributed by atoms with Crippen LogP contribution in [-0.4, -0.2) is 23.1 Å². The molecule has 0 aliphatic rings. The number of ether oxygens (including phenoxy) is 1. The molecule has 1 aromatic rings. The standard InChI is InChI=1S/C12H21N3O/c1-9(2)5-10(3)16-12-8-14-7-11(15-12)6-13-4/h7-10,13H,5-6H2,1-4H3. The van der Waals surface area contributed by atoms with Crippen LogP contribution in [0.4, 0.5) is 0 Å². The van der Waals surface area contributed by atoms with Crippen molar-refractivity contribution in [1.29, 1.82) is 0 Å². The van der Waals surface area contributed by atoms with Gasteiger partial charge in [-0.2, -0.15) is 0 Å². The Kier molecular flexibility index (Phi) is 5.19. The Bertz CT molecular complexity index is 315. The Hall–Kier alpha value is -1.16. The SMILES string of the molecule is CNCc1cncc(OC(C)CC(C)C)n1. The fourth-order valence-corrected chi connectivity index (χ4v) is 1.63. The van der Waals surface area contributed by atoms with E-state index < -0.39 is 0 Å². The second-order valence-corrected chi connectivity index (χ2v) is 4.44. The zero-order valence-corrected chi connectivity index (χ0v) is 10.5. The van der Waals surface area contributed by atoms with Crippen molar-refractivity contribution in [2.75, 3.05) is 7.05 Å². The molecule has 0 aromatic carbocycles. The van der Waals surface area contributed by atoms with E-state index in [9.17, 15) is 0 Å². The molecule has 4 nitrogen and oxygen atoms in total. The van der Waals surface area contributed by atoms with Gasteiger partial charge >= 0.3 is 0 Å². The highest BCUT2D eigenvalue weighted by molar-refractivity contribution is 5.08. The van der Waals surface area contributed by atoms with E-state index in [1.807, 2.05) is 7.05 Å². The van der Waals surface area contributed by atoms with Crippen molar-refractivity contribution in [1.82, 2.24) is 15.3 Å². The van der Waals surface area contributed by atoms with E-state index in [4.69, 9.17) is 4.74 Å². The summed E-state index contributed by atoms with van der Waals surface area (Å²) in [6, 6.07) is 0. The summed E-state index contributed by atoms with van der Waals surface area (Å²) in [7, 11) is 1.89. The minimum Gasteiger partial charge on any atom is -0.474 e. The van der Waals surface area contributed by atoms with Gasteiger partial charge < -0.3 is 10.1 Å². The molecule has 90 valence electrons. The largest absolute Gasteiger partial charge is 0.474 e. The lowest BCUT2D eigenvalue weighted by Gasteiger charge is -2.15. The Morgan fingerprint density at radius 3 is 2.69 bits per heavy atom. The summed E-state index contributed by atoms with van der Waals surface area (Å²) in [5, 5.41) is 3.04. The topological polar surface area (TPSA) is 47.0 Å².